The van der Waals surface area contributed by atoms with Gasteiger partial charge in [0.25, 0.3) is 0 Å². The van der Waals surface area contributed by atoms with Crippen LogP contribution in [0.2, 0.25) is 0 Å². The molecular formula is C14H13F3N4O. The minimum Gasteiger partial charge on any atom is -0.382 e. The number of amides is 1. The van der Waals surface area contributed by atoms with E-state index in [4.69, 9.17) is 5.73 Å². The highest BCUT2D eigenvalue weighted by atomic mass is 19.4. The number of halogens is 3. The maximum absolute atomic E-state index is 12.7. The van der Waals surface area contributed by atoms with Crippen molar-refractivity contribution in [2.75, 3.05) is 16.4 Å². The maximum Gasteiger partial charge on any atom is 0.417 e. The number of anilines is 4. The second kappa shape index (κ2) is 5.92. The SMILES string of the molecule is CC(=O)Nc1cccc(Nc2cc(C(F)(F)F)cnc2N)c1. The summed E-state index contributed by atoms with van der Waals surface area (Å²) in [6.45, 7) is 1.36. The van der Waals surface area contributed by atoms with Crippen LogP contribution in [0.25, 0.3) is 0 Å². The van der Waals surface area contributed by atoms with Crippen LogP contribution < -0.4 is 16.4 Å². The number of nitrogens with two attached hydrogens (primary N) is 1. The Morgan fingerprint density at radius 1 is 1.23 bits per heavy atom. The average Bonchev–Trinajstić information content (AvgIpc) is 2.39. The second-order valence-corrected chi connectivity index (χ2v) is 4.54. The molecule has 0 saturated carbocycles. The van der Waals surface area contributed by atoms with Gasteiger partial charge in [-0.1, -0.05) is 6.07 Å². The van der Waals surface area contributed by atoms with Gasteiger partial charge in [0.1, 0.15) is 5.82 Å². The molecule has 0 unspecified atom stereocenters. The monoisotopic (exact) mass is 310 g/mol. The fourth-order valence-electron chi connectivity index (χ4n) is 1.76. The third-order valence-corrected chi connectivity index (χ3v) is 2.71. The molecule has 1 amide bonds. The Hall–Kier alpha value is -2.77. The van der Waals surface area contributed by atoms with E-state index in [-0.39, 0.29) is 17.4 Å². The smallest absolute Gasteiger partial charge is 0.382 e. The molecule has 0 fully saturated rings. The van der Waals surface area contributed by atoms with E-state index in [1.807, 2.05) is 0 Å². The van der Waals surface area contributed by atoms with Gasteiger partial charge < -0.3 is 16.4 Å². The first kappa shape index (κ1) is 15.6. The normalized spacial score (nSPS) is 11.1. The molecule has 0 aliphatic carbocycles. The van der Waals surface area contributed by atoms with Crippen molar-refractivity contribution >= 4 is 28.8 Å². The third kappa shape index (κ3) is 3.87. The van der Waals surface area contributed by atoms with Crippen LogP contribution in [0.5, 0.6) is 0 Å². The van der Waals surface area contributed by atoms with Gasteiger partial charge >= 0.3 is 6.18 Å². The summed E-state index contributed by atoms with van der Waals surface area (Å²) in [5.41, 5.74) is 5.71. The number of benzene rings is 1. The number of rotatable bonds is 3. The Morgan fingerprint density at radius 2 is 1.91 bits per heavy atom. The van der Waals surface area contributed by atoms with Crippen molar-refractivity contribution in [2.24, 2.45) is 0 Å². The van der Waals surface area contributed by atoms with Crippen molar-refractivity contribution < 1.29 is 18.0 Å². The highest BCUT2D eigenvalue weighted by Gasteiger charge is 2.31. The quantitative estimate of drug-likeness (QED) is 0.812. The third-order valence-electron chi connectivity index (χ3n) is 2.71. The molecule has 0 saturated heterocycles. The highest BCUT2D eigenvalue weighted by molar-refractivity contribution is 5.89. The summed E-state index contributed by atoms with van der Waals surface area (Å²) in [7, 11) is 0. The van der Waals surface area contributed by atoms with Crippen LogP contribution in [0.1, 0.15) is 12.5 Å². The van der Waals surface area contributed by atoms with Crippen molar-refractivity contribution in [3.05, 3.63) is 42.1 Å². The van der Waals surface area contributed by atoms with Crippen LogP contribution in [0.15, 0.2) is 36.5 Å². The van der Waals surface area contributed by atoms with Crippen LogP contribution in [0.3, 0.4) is 0 Å². The second-order valence-electron chi connectivity index (χ2n) is 4.54. The lowest BCUT2D eigenvalue weighted by atomic mass is 10.2. The molecule has 2 aromatic rings. The van der Waals surface area contributed by atoms with Crippen LogP contribution in [-0.4, -0.2) is 10.9 Å². The lowest BCUT2D eigenvalue weighted by Crippen LogP contribution is -2.09. The molecule has 8 heteroatoms. The van der Waals surface area contributed by atoms with E-state index in [1.54, 1.807) is 24.3 Å². The van der Waals surface area contributed by atoms with Crippen molar-refractivity contribution in [1.82, 2.24) is 4.98 Å². The number of nitrogens with one attached hydrogen (secondary N) is 2. The van der Waals surface area contributed by atoms with Crippen LogP contribution >= 0.6 is 0 Å². The molecule has 0 bridgehead atoms. The minimum atomic E-state index is -4.50. The molecule has 1 heterocycles. The van der Waals surface area contributed by atoms with Gasteiger partial charge in [0, 0.05) is 24.5 Å². The number of nitrogen functional groups attached to an aromatic ring is 1. The van der Waals surface area contributed by atoms with Gasteiger partial charge in [0.2, 0.25) is 5.91 Å². The minimum absolute atomic E-state index is 0.0369. The van der Waals surface area contributed by atoms with E-state index >= 15 is 0 Å². The van der Waals surface area contributed by atoms with Gasteiger partial charge in [-0.3, -0.25) is 4.79 Å². The summed E-state index contributed by atoms with van der Waals surface area (Å²) < 4.78 is 38.1. The summed E-state index contributed by atoms with van der Waals surface area (Å²) in [5, 5.41) is 5.33. The molecule has 0 aliphatic rings. The van der Waals surface area contributed by atoms with Gasteiger partial charge in [0.15, 0.2) is 0 Å². The molecular weight excluding hydrogens is 297 g/mol. The zero-order chi connectivity index (χ0) is 16.3. The van der Waals surface area contributed by atoms with Gasteiger partial charge in [-0.05, 0) is 24.3 Å². The molecule has 1 aromatic carbocycles. The standard InChI is InChI=1S/C14H13F3N4O/c1-8(22)20-10-3-2-4-11(6-10)21-12-5-9(14(15,16)17)7-19-13(12)18/h2-7,21H,1H3,(H2,18,19)(H,20,22). The van der Waals surface area contributed by atoms with E-state index in [1.165, 1.54) is 6.92 Å². The number of carbonyl (C=O) groups is 1. The lowest BCUT2D eigenvalue weighted by molar-refractivity contribution is -0.137. The number of aromatic nitrogens is 1. The first-order valence-electron chi connectivity index (χ1n) is 6.23. The molecule has 1 aromatic heterocycles. The van der Waals surface area contributed by atoms with Gasteiger partial charge in [0.05, 0.1) is 11.3 Å². The molecule has 0 radical (unpaired) electrons. The predicted octanol–water partition coefficient (Wildman–Crippen LogP) is 3.38. The summed E-state index contributed by atoms with van der Waals surface area (Å²) in [6, 6.07) is 7.38. The van der Waals surface area contributed by atoms with Gasteiger partial charge in [-0.2, -0.15) is 13.2 Å². The van der Waals surface area contributed by atoms with Crippen molar-refractivity contribution in [3.8, 4) is 0 Å². The molecule has 4 N–H and O–H groups in total. The van der Waals surface area contributed by atoms with Crippen LogP contribution in [0, 0.1) is 0 Å². The van der Waals surface area contributed by atoms with Crippen molar-refractivity contribution in [3.63, 3.8) is 0 Å². The first-order chi connectivity index (χ1) is 10.3. The van der Waals surface area contributed by atoms with Crippen LogP contribution in [0.4, 0.5) is 36.1 Å². The fourth-order valence-corrected chi connectivity index (χ4v) is 1.76. The number of carbonyl (C=O) groups excluding carboxylic acids is 1. The Balaban J connectivity index is 2.29. The Kier molecular flexibility index (Phi) is 4.20. The summed E-state index contributed by atoms with van der Waals surface area (Å²) >= 11 is 0. The zero-order valence-corrected chi connectivity index (χ0v) is 11.5. The van der Waals surface area contributed by atoms with Gasteiger partial charge in [-0.15, -0.1) is 0 Å². The number of alkyl halides is 3. The zero-order valence-electron chi connectivity index (χ0n) is 11.5. The van der Waals surface area contributed by atoms with Crippen molar-refractivity contribution in [2.45, 2.75) is 13.1 Å². The fraction of sp³-hybridized carbons (Fsp3) is 0.143. The molecule has 5 nitrogen and oxygen atoms in total. The molecule has 116 valence electrons. The highest BCUT2D eigenvalue weighted by Crippen LogP contribution is 2.33. The molecule has 2 rings (SSSR count). The lowest BCUT2D eigenvalue weighted by Gasteiger charge is -2.13. The van der Waals surface area contributed by atoms with E-state index in [9.17, 15) is 18.0 Å². The van der Waals surface area contributed by atoms with E-state index < -0.39 is 11.7 Å². The Bertz CT molecular complexity index is 701. The molecule has 0 atom stereocenters. The predicted molar refractivity (Wildman–Crippen MR) is 77.7 cm³/mol. The number of hydrogen-bond donors (Lipinski definition) is 3. The molecule has 0 spiro atoms. The van der Waals surface area contributed by atoms with Crippen molar-refractivity contribution in [1.29, 1.82) is 0 Å². The Morgan fingerprint density at radius 3 is 2.55 bits per heavy atom. The Labute approximate surface area is 124 Å². The van der Waals surface area contributed by atoms with Gasteiger partial charge in [-0.25, -0.2) is 4.98 Å². The number of nitrogens with zero attached hydrogens (tertiary/aromatic N) is 1. The summed E-state index contributed by atoms with van der Waals surface area (Å²) in [6.07, 6.45) is -3.83. The van der Waals surface area contributed by atoms with E-state index in [0.29, 0.717) is 17.6 Å². The molecule has 0 aliphatic heterocycles. The maximum atomic E-state index is 12.7. The number of pyridine rings is 1. The largest absolute Gasteiger partial charge is 0.417 e. The topological polar surface area (TPSA) is 80.0 Å². The average molecular weight is 310 g/mol. The first-order valence-corrected chi connectivity index (χ1v) is 6.23. The van der Waals surface area contributed by atoms with E-state index in [2.05, 4.69) is 15.6 Å². The van der Waals surface area contributed by atoms with E-state index in [0.717, 1.165) is 6.07 Å². The number of hydrogen-bond acceptors (Lipinski definition) is 4. The molecule has 22 heavy (non-hydrogen) atoms. The summed E-state index contributed by atoms with van der Waals surface area (Å²) in [4.78, 5) is 14.5. The summed E-state index contributed by atoms with van der Waals surface area (Å²) in [5.74, 6) is -0.310. The van der Waals surface area contributed by atoms with Crippen LogP contribution in [-0.2, 0) is 11.0 Å².